The molecule has 26 heavy (non-hydrogen) atoms. The van der Waals surface area contributed by atoms with Crippen molar-refractivity contribution in [3.63, 3.8) is 0 Å². The molecule has 0 aliphatic carbocycles. The minimum atomic E-state index is -3.05. The third-order valence-electron chi connectivity index (χ3n) is 5.38. The van der Waals surface area contributed by atoms with Gasteiger partial charge >= 0.3 is 0 Å². The summed E-state index contributed by atoms with van der Waals surface area (Å²) in [5.41, 5.74) is 0.842. The highest BCUT2D eigenvalue weighted by atomic mass is 32.2. The van der Waals surface area contributed by atoms with E-state index in [1.165, 1.54) is 6.26 Å². The lowest BCUT2D eigenvalue weighted by atomic mass is 10.0. The van der Waals surface area contributed by atoms with Gasteiger partial charge in [-0.3, -0.25) is 4.79 Å². The predicted octanol–water partition coefficient (Wildman–Crippen LogP) is 2.28. The Morgan fingerprint density at radius 1 is 1.12 bits per heavy atom. The van der Waals surface area contributed by atoms with Crippen molar-refractivity contribution in [3.8, 4) is 11.5 Å². The van der Waals surface area contributed by atoms with Crippen LogP contribution >= 0.6 is 0 Å². The van der Waals surface area contributed by atoms with E-state index in [2.05, 4.69) is 0 Å². The molecule has 2 atom stereocenters. The van der Waals surface area contributed by atoms with Crippen molar-refractivity contribution in [2.45, 2.75) is 43.0 Å². The molecule has 1 aromatic carbocycles. The number of fused-ring (bicyclic) bond motifs is 2. The molecule has 2 fully saturated rings. The summed E-state index contributed by atoms with van der Waals surface area (Å²) >= 11 is 0. The highest BCUT2D eigenvalue weighted by molar-refractivity contribution is 7.91. The number of ether oxygens (including phenoxy) is 2. The number of carbonyl (C=O) groups is 1. The number of carbonyl (C=O) groups excluding carboxylic acids is 1. The summed E-state index contributed by atoms with van der Waals surface area (Å²) in [4.78, 5) is 14.6. The number of benzene rings is 1. The van der Waals surface area contributed by atoms with Crippen LogP contribution in [0.15, 0.2) is 24.3 Å². The zero-order chi connectivity index (χ0) is 18.9. The second-order valence-corrected chi connectivity index (χ2v) is 9.33. The molecule has 0 N–H and O–H groups in total. The van der Waals surface area contributed by atoms with Crippen LogP contribution in [0.4, 0.5) is 0 Å². The van der Waals surface area contributed by atoms with Crippen molar-refractivity contribution in [2.24, 2.45) is 0 Å². The van der Waals surface area contributed by atoms with Crippen molar-refractivity contribution in [1.29, 1.82) is 0 Å². The summed E-state index contributed by atoms with van der Waals surface area (Å²) in [6.45, 7) is 0. The number of nitrogens with zero attached hydrogens (tertiary/aromatic N) is 1. The Balaban J connectivity index is 1.72. The van der Waals surface area contributed by atoms with E-state index in [4.69, 9.17) is 9.47 Å². The molecule has 2 aliphatic heterocycles. The van der Waals surface area contributed by atoms with Gasteiger partial charge in [0, 0.05) is 24.4 Å². The molecule has 2 heterocycles. The zero-order valence-corrected chi connectivity index (χ0v) is 16.2. The second-order valence-electron chi connectivity index (χ2n) is 7.00. The first-order valence-corrected chi connectivity index (χ1v) is 10.7. The number of piperidine rings is 1. The summed E-state index contributed by atoms with van der Waals surface area (Å²) in [6, 6.07) is 5.51. The van der Waals surface area contributed by atoms with Crippen molar-refractivity contribution in [3.05, 3.63) is 29.8 Å². The molecule has 0 unspecified atom stereocenters. The molecule has 7 heteroatoms. The molecule has 3 rings (SSSR count). The first-order valence-electron chi connectivity index (χ1n) is 8.74. The maximum Gasteiger partial charge on any atom is 0.247 e. The smallest absolute Gasteiger partial charge is 0.247 e. The topological polar surface area (TPSA) is 72.9 Å². The highest BCUT2D eigenvalue weighted by Crippen LogP contribution is 2.38. The Labute approximate surface area is 154 Å². The van der Waals surface area contributed by atoms with Gasteiger partial charge in [-0.25, -0.2) is 8.42 Å². The molecule has 142 valence electrons. The van der Waals surface area contributed by atoms with E-state index in [0.717, 1.165) is 18.4 Å². The fourth-order valence-corrected chi connectivity index (χ4v) is 5.19. The Bertz CT molecular complexity index is 803. The molecular weight excluding hydrogens is 354 g/mol. The first-order chi connectivity index (χ1) is 12.3. The minimum Gasteiger partial charge on any atom is -0.493 e. The van der Waals surface area contributed by atoms with Crippen LogP contribution in [-0.2, 0) is 14.6 Å². The molecule has 0 aromatic heterocycles. The second kappa shape index (κ2) is 7.31. The van der Waals surface area contributed by atoms with Gasteiger partial charge in [-0.15, -0.1) is 0 Å². The van der Waals surface area contributed by atoms with Gasteiger partial charge in [-0.1, -0.05) is 6.07 Å². The average Bonchev–Trinajstić information content (AvgIpc) is 2.87. The zero-order valence-electron chi connectivity index (χ0n) is 15.3. The molecule has 0 spiro atoms. The van der Waals surface area contributed by atoms with Gasteiger partial charge in [0.15, 0.2) is 11.5 Å². The lowest BCUT2D eigenvalue weighted by Gasteiger charge is -2.37. The van der Waals surface area contributed by atoms with E-state index >= 15 is 0 Å². The molecule has 2 saturated heterocycles. The van der Waals surface area contributed by atoms with E-state index in [9.17, 15) is 13.2 Å². The number of amides is 1. The molecule has 6 nitrogen and oxygen atoms in total. The number of rotatable bonds is 5. The Morgan fingerprint density at radius 2 is 1.73 bits per heavy atom. The molecule has 2 bridgehead atoms. The number of hydrogen-bond acceptors (Lipinski definition) is 5. The fraction of sp³-hybridized carbons (Fsp3) is 0.526. The molecule has 2 aliphatic rings. The maximum atomic E-state index is 12.7. The van der Waals surface area contributed by atoms with Crippen LogP contribution in [0.25, 0.3) is 6.08 Å². The summed E-state index contributed by atoms with van der Waals surface area (Å²) in [5, 5.41) is -0.320. The third kappa shape index (κ3) is 3.72. The van der Waals surface area contributed by atoms with Gasteiger partial charge in [0.05, 0.1) is 19.5 Å². The third-order valence-corrected chi connectivity index (χ3v) is 6.97. The number of hydrogen-bond donors (Lipinski definition) is 0. The Morgan fingerprint density at radius 3 is 2.27 bits per heavy atom. The summed E-state index contributed by atoms with van der Waals surface area (Å²) in [5.74, 6) is 1.19. The van der Waals surface area contributed by atoms with Crippen LogP contribution in [0.5, 0.6) is 11.5 Å². The van der Waals surface area contributed by atoms with E-state index in [1.54, 1.807) is 32.4 Å². The average molecular weight is 379 g/mol. The normalized spacial score (nSPS) is 25.5. The molecule has 1 amide bonds. The van der Waals surface area contributed by atoms with Crippen LogP contribution < -0.4 is 9.47 Å². The Kier molecular flexibility index (Phi) is 5.27. The summed E-state index contributed by atoms with van der Waals surface area (Å²) in [6.07, 6.45) is 7.47. The largest absolute Gasteiger partial charge is 0.493 e. The van der Waals surface area contributed by atoms with Crippen LogP contribution in [0.1, 0.15) is 31.2 Å². The monoisotopic (exact) mass is 379 g/mol. The van der Waals surface area contributed by atoms with Gasteiger partial charge in [0.2, 0.25) is 5.91 Å². The summed E-state index contributed by atoms with van der Waals surface area (Å²) < 4.78 is 34.2. The lowest BCUT2D eigenvalue weighted by molar-refractivity contribution is -0.130. The van der Waals surface area contributed by atoms with Gasteiger partial charge in [-0.05, 0) is 49.5 Å². The van der Waals surface area contributed by atoms with Crippen LogP contribution in [-0.4, -0.2) is 57.0 Å². The quantitative estimate of drug-likeness (QED) is 0.734. The standard InChI is InChI=1S/C19H25NO5S/c1-24-17-8-4-13(10-18(17)25-2)5-9-19(21)20-14-6-7-15(20)12-16(11-14)26(3,22)23/h4-5,8-10,14-16H,6-7,11-12H2,1-3H3/b9-5+/t14-,15-/m0/s1. The lowest BCUT2D eigenvalue weighted by Crippen LogP contribution is -2.49. The van der Waals surface area contributed by atoms with Gasteiger partial charge in [-0.2, -0.15) is 0 Å². The first kappa shape index (κ1) is 18.8. The van der Waals surface area contributed by atoms with Gasteiger partial charge in [0.25, 0.3) is 0 Å². The highest BCUT2D eigenvalue weighted by Gasteiger charge is 2.45. The van der Waals surface area contributed by atoms with Crippen molar-refractivity contribution >= 4 is 21.8 Å². The van der Waals surface area contributed by atoms with Crippen LogP contribution in [0.3, 0.4) is 0 Å². The van der Waals surface area contributed by atoms with Crippen molar-refractivity contribution in [1.82, 2.24) is 4.90 Å². The molecule has 0 saturated carbocycles. The van der Waals surface area contributed by atoms with Crippen LogP contribution in [0.2, 0.25) is 0 Å². The number of methoxy groups -OCH3 is 2. The SMILES string of the molecule is COc1ccc(/C=C/C(=O)N2[C@H]3CC[C@H]2CC(S(C)(=O)=O)C3)cc1OC. The van der Waals surface area contributed by atoms with Crippen molar-refractivity contribution < 1.29 is 22.7 Å². The van der Waals surface area contributed by atoms with E-state index in [1.807, 2.05) is 17.0 Å². The molecule has 0 radical (unpaired) electrons. The molecule has 1 aromatic rings. The Hall–Kier alpha value is -2.02. The predicted molar refractivity (Wildman–Crippen MR) is 100 cm³/mol. The number of sulfone groups is 1. The fourth-order valence-electron chi connectivity index (χ4n) is 4.05. The van der Waals surface area contributed by atoms with E-state index in [-0.39, 0.29) is 23.2 Å². The van der Waals surface area contributed by atoms with Crippen LogP contribution in [0, 0.1) is 0 Å². The van der Waals surface area contributed by atoms with Gasteiger partial charge < -0.3 is 14.4 Å². The van der Waals surface area contributed by atoms with E-state index < -0.39 is 9.84 Å². The maximum absolute atomic E-state index is 12.7. The molecular formula is C19H25NO5S. The minimum absolute atomic E-state index is 0.0241. The van der Waals surface area contributed by atoms with Crippen molar-refractivity contribution in [2.75, 3.05) is 20.5 Å². The van der Waals surface area contributed by atoms with Gasteiger partial charge in [0.1, 0.15) is 9.84 Å². The van der Waals surface area contributed by atoms with E-state index in [0.29, 0.717) is 24.3 Å². The summed E-state index contributed by atoms with van der Waals surface area (Å²) in [7, 11) is 0.0936.